The van der Waals surface area contributed by atoms with Gasteiger partial charge < -0.3 is 11.1 Å². The maximum atomic E-state index is 12.4. The van der Waals surface area contributed by atoms with Gasteiger partial charge in [-0.1, -0.05) is 6.42 Å². The van der Waals surface area contributed by atoms with Crippen molar-refractivity contribution in [3.8, 4) is 0 Å². The Labute approximate surface area is 158 Å². The topological polar surface area (TPSA) is 105 Å². The molecule has 2 aromatic heterocycles. The van der Waals surface area contributed by atoms with Gasteiger partial charge in [0, 0.05) is 35.5 Å². The molecule has 25 heavy (non-hydrogen) atoms. The molecule has 2 heterocycles. The second kappa shape index (κ2) is 8.69. The molecule has 2 aromatic rings. The van der Waals surface area contributed by atoms with Crippen molar-refractivity contribution in [3.05, 3.63) is 33.4 Å². The van der Waals surface area contributed by atoms with Gasteiger partial charge in [0.15, 0.2) is 5.65 Å². The summed E-state index contributed by atoms with van der Waals surface area (Å²) in [6, 6.07) is 1.47. The number of hydrogen-bond acceptors (Lipinski definition) is 4. The number of H-pyrrole nitrogens is 1. The molecule has 3 rings (SSSR count). The van der Waals surface area contributed by atoms with Crippen LogP contribution in [0, 0.1) is 25.7 Å². The van der Waals surface area contributed by atoms with E-state index in [1.807, 2.05) is 13.8 Å². The SMILES string of the molecule is Cc1nc2cc(=O)[nH]n2c(C)c1CNC(=O)[C@@H]1CCC[C@@H]1CN.Cl.Cl. The standard InChI is InChI=1S/C16H23N5O2.2ClH/c1-9-13(10(2)21-14(19-9)6-15(22)20-21)8-18-16(23)12-5-3-4-11(12)7-17;;/h6,11-12H,3-5,7-8,17H2,1-2H3,(H,18,23)(H,20,22);2*1H/t11-,12-;;/m1../s1. The number of halogens is 2. The molecule has 1 amide bonds. The van der Waals surface area contributed by atoms with E-state index < -0.39 is 0 Å². The molecular formula is C16H25Cl2N5O2. The number of aromatic amines is 1. The van der Waals surface area contributed by atoms with Crippen LogP contribution in [0.25, 0.3) is 5.65 Å². The molecule has 4 N–H and O–H groups in total. The molecule has 2 atom stereocenters. The van der Waals surface area contributed by atoms with Crippen LogP contribution in [0.5, 0.6) is 0 Å². The summed E-state index contributed by atoms with van der Waals surface area (Å²) in [6.45, 7) is 4.78. The fraction of sp³-hybridized carbons (Fsp3) is 0.562. The Morgan fingerprint density at radius 3 is 2.80 bits per heavy atom. The number of nitrogens with zero attached hydrogens (tertiary/aromatic N) is 2. The smallest absolute Gasteiger partial charge is 0.266 e. The molecule has 0 radical (unpaired) electrons. The summed E-state index contributed by atoms with van der Waals surface area (Å²) < 4.78 is 1.66. The van der Waals surface area contributed by atoms with Crippen molar-refractivity contribution < 1.29 is 4.79 Å². The summed E-state index contributed by atoms with van der Waals surface area (Å²) in [5, 5.41) is 5.74. The third-order valence-electron chi connectivity index (χ3n) is 4.94. The van der Waals surface area contributed by atoms with Crippen molar-refractivity contribution >= 4 is 36.4 Å². The Morgan fingerprint density at radius 2 is 2.12 bits per heavy atom. The zero-order valence-corrected chi connectivity index (χ0v) is 16.0. The summed E-state index contributed by atoms with van der Waals surface area (Å²) in [5.74, 6) is 0.375. The number of aryl methyl sites for hydroxylation is 2. The normalized spacial score (nSPS) is 19.3. The van der Waals surface area contributed by atoms with E-state index in [0.717, 1.165) is 36.2 Å². The van der Waals surface area contributed by atoms with E-state index in [4.69, 9.17) is 5.73 Å². The van der Waals surface area contributed by atoms with E-state index in [9.17, 15) is 9.59 Å². The average molecular weight is 390 g/mol. The van der Waals surface area contributed by atoms with E-state index in [0.29, 0.717) is 24.7 Å². The summed E-state index contributed by atoms with van der Waals surface area (Å²) >= 11 is 0. The molecule has 0 aromatic carbocycles. The molecule has 0 aliphatic heterocycles. The van der Waals surface area contributed by atoms with Gasteiger partial charge in [0.05, 0.1) is 0 Å². The Hall–Kier alpha value is -1.57. The molecule has 1 saturated carbocycles. The quantitative estimate of drug-likeness (QED) is 0.735. The van der Waals surface area contributed by atoms with Gasteiger partial charge in [-0.15, -0.1) is 24.8 Å². The van der Waals surface area contributed by atoms with Crippen LogP contribution in [0.2, 0.25) is 0 Å². The molecule has 9 heteroatoms. The van der Waals surface area contributed by atoms with Crippen LogP contribution in [0.15, 0.2) is 10.9 Å². The van der Waals surface area contributed by atoms with E-state index in [2.05, 4.69) is 15.4 Å². The molecule has 1 aliphatic rings. The monoisotopic (exact) mass is 389 g/mol. The summed E-state index contributed by atoms with van der Waals surface area (Å²) in [7, 11) is 0. The first-order valence-corrected chi connectivity index (χ1v) is 8.07. The molecule has 0 bridgehead atoms. The van der Waals surface area contributed by atoms with Gasteiger partial charge in [-0.25, -0.2) is 9.50 Å². The molecule has 140 valence electrons. The highest BCUT2D eigenvalue weighted by atomic mass is 35.5. The molecule has 0 saturated heterocycles. The highest BCUT2D eigenvalue weighted by molar-refractivity contribution is 5.85. The van der Waals surface area contributed by atoms with Gasteiger partial charge in [-0.2, -0.15) is 0 Å². The number of fused-ring (bicyclic) bond motifs is 1. The van der Waals surface area contributed by atoms with Crippen LogP contribution < -0.4 is 16.6 Å². The molecule has 0 spiro atoms. The van der Waals surface area contributed by atoms with Crippen LogP contribution in [-0.4, -0.2) is 27.0 Å². The number of carbonyl (C=O) groups excluding carboxylic acids is 1. The van der Waals surface area contributed by atoms with Gasteiger partial charge in [-0.3, -0.25) is 14.7 Å². The molecule has 0 unspecified atom stereocenters. The average Bonchev–Trinajstić information content (AvgIpc) is 3.12. The van der Waals surface area contributed by atoms with E-state index in [1.54, 1.807) is 4.52 Å². The van der Waals surface area contributed by atoms with E-state index in [1.165, 1.54) is 6.07 Å². The minimum absolute atomic E-state index is 0. The molecular weight excluding hydrogens is 365 g/mol. The number of hydrogen-bond donors (Lipinski definition) is 3. The first kappa shape index (κ1) is 21.5. The molecule has 1 fully saturated rings. The lowest BCUT2D eigenvalue weighted by Gasteiger charge is -2.18. The fourth-order valence-electron chi connectivity index (χ4n) is 3.58. The summed E-state index contributed by atoms with van der Waals surface area (Å²) in [5.41, 5.74) is 8.81. The Bertz CT molecular complexity index is 802. The third kappa shape index (κ3) is 4.16. The Balaban J connectivity index is 0.00000156. The van der Waals surface area contributed by atoms with Crippen molar-refractivity contribution in [2.75, 3.05) is 6.54 Å². The van der Waals surface area contributed by atoms with E-state index >= 15 is 0 Å². The van der Waals surface area contributed by atoms with E-state index in [-0.39, 0.29) is 42.2 Å². The number of nitrogens with two attached hydrogens (primary N) is 1. The Morgan fingerprint density at radius 1 is 1.40 bits per heavy atom. The predicted molar refractivity (Wildman–Crippen MR) is 102 cm³/mol. The van der Waals surface area contributed by atoms with Crippen molar-refractivity contribution in [2.24, 2.45) is 17.6 Å². The summed E-state index contributed by atoms with van der Waals surface area (Å²) in [6.07, 6.45) is 3.01. The number of carbonyl (C=O) groups is 1. The molecule has 7 nitrogen and oxygen atoms in total. The Kier molecular flexibility index (Phi) is 7.46. The van der Waals surface area contributed by atoms with Gasteiger partial charge in [0.2, 0.25) is 5.91 Å². The van der Waals surface area contributed by atoms with Gasteiger partial charge >= 0.3 is 0 Å². The highest BCUT2D eigenvalue weighted by Gasteiger charge is 2.31. The lowest BCUT2D eigenvalue weighted by molar-refractivity contribution is -0.126. The van der Waals surface area contributed by atoms with Crippen molar-refractivity contribution in [2.45, 2.75) is 39.7 Å². The van der Waals surface area contributed by atoms with Crippen LogP contribution in [0.1, 0.15) is 36.2 Å². The maximum Gasteiger partial charge on any atom is 0.266 e. The number of rotatable bonds is 4. The van der Waals surface area contributed by atoms with Crippen LogP contribution in [0.3, 0.4) is 0 Å². The maximum absolute atomic E-state index is 12.4. The highest BCUT2D eigenvalue weighted by Crippen LogP contribution is 2.31. The van der Waals surface area contributed by atoms with Crippen LogP contribution in [0.4, 0.5) is 0 Å². The summed E-state index contributed by atoms with van der Waals surface area (Å²) in [4.78, 5) is 28.3. The van der Waals surface area contributed by atoms with Gasteiger partial charge in [-0.05, 0) is 39.2 Å². The number of aromatic nitrogens is 3. The zero-order chi connectivity index (χ0) is 16.6. The van der Waals surface area contributed by atoms with Gasteiger partial charge in [0.25, 0.3) is 5.56 Å². The number of amides is 1. The second-order valence-electron chi connectivity index (χ2n) is 6.33. The number of nitrogens with one attached hydrogen (secondary N) is 2. The minimum Gasteiger partial charge on any atom is -0.352 e. The predicted octanol–water partition coefficient (Wildman–Crippen LogP) is 1.47. The molecule has 1 aliphatic carbocycles. The second-order valence-corrected chi connectivity index (χ2v) is 6.33. The van der Waals surface area contributed by atoms with Crippen molar-refractivity contribution in [1.29, 1.82) is 0 Å². The lowest BCUT2D eigenvalue weighted by Crippen LogP contribution is -2.35. The van der Waals surface area contributed by atoms with Crippen molar-refractivity contribution in [3.63, 3.8) is 0 Å². The zero-order valence-electron chi connectivity index (χ0n) is 14.4. The van der Waals surface area contributed by atoms with Gasteiger partial charge in [0.1, 0.15) is 0 Å². The minimum atomic E-state index is -0.182. The first-order chi connectivity index (χ1) is 11.0. The van der Waals surface area contributed by atoms with Crippen LogP contribution >= 0.6 is 24.8 Å². The fourth-order valence-corrected chi connectivity index (χ4v) is 3.58. The lowest BCUT2D eigenvalue weighted by atomic mass is 9.95. The third-order valence-corrected chi connectivity index (χ3v) is 4.94. The van der Waals surface area contributed by atoms with Crippen molar-refractivity contribution in [1.82, 2.24) is 19.9 Å². The van der Waals surface area contributed by atoms with Crippen LogP contribution in [-0.2, 0) is 11.3 Å². The largest absolute Gasteiger partial charge is 0.352 e. The first-order valence-electron chi connectivity index (χ1n) is 8.07.